The molecule has 0 aromatic carbocycles. The van der Waals surface area contributed by atoms with Crippen molar-refractivity contribution in [2.45, 2.75) is 250 Å². The molecule has 13 nitrogen and oxygen atoms in total. The highest BCUT2D eigenvalue weighted by Gasteiger charge is 2.42. The molecular formula is C49H92N5O8P. The zero-order valence-electron chi connectivity index (χ0n) is 40.0. The summed E-state index contributed by atoms with van der Waals surface area (Å²) in [7, 11) is -4.59. The molecule has 0 amide bonds. The van der Waals surface area contributed by atoms with Gasteiger partial charge in [0.1, 0.15) is 24.1 Å². The van der Waals surface area contributed by atoms with Crippen molar-refractivity contribution in [1.82, 2.24) is 19.5 Å². The van der Waals surface area contributed by atoms with Crippen LogP contribution in [0.4, 0.5) is 5.82 Å². The predicted octanol–water partition coefficient (Wildman–Crippen LogP) is 13.1. The number of aliphatic hydroxyl groups excluding tert-OH is 1. The highest BCUT2D eigenvalue weighted by molar-refractivity contribution is 7.47. The third-order valence-corrected chi connectivity index (χ3v) is 13.5. The first-order valence-corrected chi connectivity index (χ1v) is 27.4. The number of hydrogen-bond acceptors (Lipinski definition) is 11. The average molecular weight is 910 g/mol. The second-order valence-electron chi connectivity index (χ2n) is 18.2. The van der Waals surface area contributed by atoms with Gasteiger partial charge in [-0.3, -0.25) is 13.6 Å². The lowest BCUT2D eigenvalue weighted by atomic mass is 10.0. The first kappa shape index (κ1) is 55.6. The van der Waals surface area contributed by atoms with E-state index in [0.29, 0.717) is 24.4 Å². The Morgan fingerprint density at radius 2 is 1.14 bits per heavy atom. The van der Waals surface area contributed by atoms with Crippen molar-refractivity contribution in [1.29, 1.82) is 0 Å². The maximum absolute atomic E-state index is 13.4. The fourth-order valence-corrected chi connectivity index (χ4v) is 9.57. The number of hydrogen-bond donors (Lipinski definition) is 3. The second-order valence-corrected chi connectivity index (χ2v) is 19.6. The molecule has 1 aliphatic rings. The van der Waals surface area contributed by atoms with Gasteiger partial charge in [0, 0.05) is 19.6 Å². The maximum Gasteiger partial charge on any atom is 0.472 e. The van der Waals surface area contributed by atoms with Gasteiger partial charge in [0.05, 0.1) is 32.3 Å². The third-order valence-electron chi connectivity index (χ3n) is 12.5. The molecule has 1 aliphatic heterocycles. The Bertz CT molecular complexity index is 1420. The van der Waals surface area contributed by atoms with E-state index in [9.17, 15) is 14.6 Å². The molecule has 2 aromatic rings. The lowest BCUT2D eigenvalue weighted by Gasteiger charge is -2.24. The Balaban J connectivity index is 1.34. The van der Waals surface area contributed by atoms with Crippen molar-refractivity contribution < 1.29 is 37.8 Å². The minimum Gasteiger partial charge on any atom is -0.394 e. The van der Waals surface area contributed by atoms with Gasteiger partial charge in [0.2, 0.25) is 0 Å². The molecule has 14 heteroatoms. The summed E-state index contributed by atoms with van der Waals surface area (Å²) in [5.74, 6) is 0.201. The summed E-state index contributed by atoms with van der Waals surface area (Å²) in [4.78, 5) is 23.5. The smallest absolute Gasteiger partial charge is 0.394 e. The number of aliphatic hydroxyl groups is 1. The van der Waals surface area contributed by atoms with E-state index < -0.39 is 32.4 Å². The highest BCUT2D eigenvalue weighted by atomic mass is 31.2. The number of phosphoric acid groups is 1. The van der Waals surface area contributed by atoms with Crippen molar-refractivity contribution in [2.24, 2.45) is 0 Å². The van der Waals surface area contributed by atoms with Crippen LogP contribution in [0.25, 0.3) is 11.2 Å². The number of ether oxygens (including phenoxy) is 3. The molecule has 3 rings (SSSR count). The van der Waals surface area contributed by atoms with Crippen LogP contribution in [-0.2, 0) is 27.8 Å². The molecule has 4 N–H and O–H groups in total. The summed E-state index contributed by atoms with van der Waals surface area (Å²) in [6.07, 6.45) is 41.9. The van der Waals surface area contributed by atoms with Gasteiger partial charge in [-0.1, -0.05) is 206 Å². The number of nitrogen functional groups attached to an aromatic ring is 1. The van der Waals surface area contributed by atoms with Crippen molar-refractivity contribution in [3.63, 3.8) is 0 Å². The van der Waals surface area contributed by atoms with Gasteiger partial charge in [-0.2, -0.15) is 0 Å². The van der Waals surface area contributed by atoms with Gasteiger partial charge in [0.15, 0.2) is 17.7 Å². The Labute approximate surface area is 382 Å². The Hall–Kier alpha value is -1.70. The monoisotopic (exact) mass is 910 g/mol. The van der Waals surface area contributed by atoms with Gasteiger partial charge < -0.3 is 29.9 Å². The topological polar surface area (TPSA) is 173 Å². The quantitative estimate of drug-likeness (QED) is 0.0425. The van der Waals surface area contributed by atoms with Gasteiger partial charge >= 0.3 is 7.82 Å². The van der Waals surface area contributed by atoms with Gasteiger partial charge in [-0.15, -0.1) is 0 Å². The Morgan fingerprint density at radius 1 is 0.683 bits per heavy atom. The summed E-state index contributed by atoms with van der Waals surface area (Å²) in [5, 5.41) is 9.88. The SMILES string of the molecule is CCCCCCCCCCCCCCCCCCOC[C@@H](COP(=O)(O)O[C@@H]1C[C@@H](CO)O[C@H]1n1cnc2c(N)ncnc21)OCCCCCCCCCCCCCCCCCC. The normalized spacial score (nSPS) is 18.1. The summed E-state index contributed by atoms with van der Waals surface area (Å²) in [5.41, 5.74) is 6.74. The lowest BCUT2D eigenvalue weighted by molar-refractivity contribution is -0.0592. The summed E-state index contributed by atoms with van der Waals surface area (Å²) >= 11 is 0. The van der Waals surface area contributed by atoms with Crippen LogP contribution in [0, 0.1) is 0 Å². The highest BCUT2D eigenvalue weighted by Crippen LogP contribution is 2.49. The number of aromatic nitrogens is 4. The van der Waals surface area contributed by atoms with Crippen LogP contribution in [0.5, 0.6) is 0 Å². The van der Waals surface area contributed by atoms with Gasteiger partial charge in [-0.25, -0.2) is 19.5 Å². The molecule has 366 valence electrons. The van der Waals surface area contributed by atoms with E-state index in [4.69, 9.17) is 29.0 Å². The zero-order valence-corrected chi connectivity index (χ0v) is 40.9. The second kappa shape index (κ2) is 36.4. The molecule has 0 bridgehead atoms. The standard InChI is InChI=1S/C49H92N5O8P/c1-3-5-7-9-11-13-15-17-19-21-23-25-27-29-31-33-35-58-39-44(59-36-34-32-30-28-26-24-22-20-18-16-14-12-10-8-6-4-2)40-60-63(56,57)62-45-37-43(38-55)61-49(45)54-42-53-46-47(50)51-41-52-48(46)54/h41-45,49,55H,3-40H2,1-2H3,(H,56,57)(H2,50,51,52)/t43-,44-,45+,49+/m0/s1. The summed E-state index contributed by atoms with van der Waals surface area (Å²) in [6, 6.07) is 0. The van der Waals surface area contributed by atoms with Crippen LogP contribution in [0.3, 0.4) is 0 Å². The molecule has 5 atom stereocenters. The molecule has 1 unspecified atom stereocenters. The molecule has 0 spiro atoms. The molecule has 63 heavy (non-hydrogen) atoms. The van der Waals surface area contributed by atoms with E-state index in [-0.39, 0.29) is 32.1 Å². The van der Waals surface area contributed by atoms with Crippen LogP contribution in [0.1, 0.15) is 232 Å². The molecule has 0 aliphatic carbocycles. The minimum absolute atomic E-state index is 0.162. The molecule has 0 saturated carbocycles. The molecular weight excluding hydrogens is 818 g/mol. The van der Waals surface area contributed by atoms with Crippen LogP contribution in [-0.4, -0.2) is 80.9 Å². The van der Waals surface area contributed by atoms with E-state index in [2.05, 4.69) is 28.8 Å². The fourth-order valence-electron chi connectivity index (χ4n) is 8.62. The van der Waals surface area contributed by atoms with Gasteiger partial charge in [-0.05, 0) is 12.8 Å². The molecule has 0 radical (unpaired) electrons. The van der Waals surface area contributed by atoms with E-state index in [1.54, 1.807) is 4.57 Å². The van der Waals surface area contributed by atoms with Crippen LogP contribution in [0.2, 0.25) is 0 Å². The number of nitrogens with two attached hydrogens (primary N) is 1. The summed E-state index contributed by atoms with van der Waals surface area (Å²) in [6.45, 7) is 5.51. The first-order valence-electron chi connectivity index (χ1n) is 25.9. The van der Waals surface area contributed by atoms with Crippen molar-refractivity contribution >= 4 is 24.8 Å². The van der Waals surface area contributed by atoms with Crippen molar-refractivity contribution in [3.8, 4) is 0 Å². The number of imidazole rings is 1. The van der Waals surface area contributed by atoms with Crippen molar-refractivity contribution in [2.75, 3.05) is 38.8 Å². The fraction of sp³-hybridized carbons (Fsp3) is 0.898. The number of fused-ring (bicyclic) bond motifs is 1. The number of rotatable bonds is 44. The maximum atomic E-state index is 13.4. The number of nitrogens with zero attached hydrogens (tertiary/aromatic N) is 4. The number of anilines is 1. The predicted molar refractivity (Wildman–Crippen MR) is 256 cm³/mol. The van der Waals surface area contributed by atoms with Crippen LogP contribution >= 0.6 is 7.82 Å². The third kappa shape index (κ3) is 25.7. The first-order chi connectivity index (χ1) is 30.9. The van der Waals surface area contributed by atoms with Crippen molar-refractivity contribution in [3.05, 3.63) is 12.7 Å². The Morgan fingerprint density at radius 3 is 1.62 bits per heavy atom. The Kier molecular flexibility index (Phi) is 32.2. The summed E-state index contributed by atoms with van der Waals surface area (Å²) < 4.78 is 44.5. The van der Waals surface area contributed by atoms with Crippen LogP contribution < -0.4 is 5.73 Å². The van der Waals surface area contributed by atoms with E-state index in [0.717, 1.165) is 25.7 Å². The van der Waals surface area contributed by atoms with Gasteiger partial charge in [0.25, 0.3) is 0 Å². The lowest BCUT2D eigenvalue weighted by Crippen LogP contribution is -2.27. The molecule has 1 fully saturated rings. The largest absolute Gasteiger partial charge is 0.472 e. The molecule has 1 saturated heterocycles. The zero-order chi connectivity index (χ0) is 45.1. The number of phosphoric ester groups is 1. The number of unbranched alkanes of at least 4 members (excludes halogenated alkanes) is 30. The van der Waals surface area contributed by atoms with E-state index in [1.807, 2.05) is 0 Å². The van der Waals surface area contributed by atoms with E-state index >= 15 is 0 Å². The average Bonchev–Trinajstić information content (AvgIpc) is 3.90. The molecule has 2 aromatic heterocycles. The van der Waals surface area contributed by atoms with E-state index in [1.165, 1.54) is 192 Å². The minimum atomic E-state index is -4.59. The van der Waals surface area contributed by atoms with Crippen LogP contribution in [0.15, 0.2) is 12.7 Å². The molecule has 3 heterocycles.